The van der Waals surface area contributed by atoms with Crippen molar-refractivity contribution >= 4 is 21.4 Å². The van der Waals surface area contributed by atoms with Crippen LogP contribution in [-0.2, 0) is 14.6 Å². The number of carbonyl (C=O) groups is 1. The van der Waals surface area contributed by atoms with Gasteiger partial charge in [-0.15, -0.1) is 0 Å². The Morgan fingerprint density at radius 3 is 2.36 bits per heavy atom. The Hall–Kier alpha value is -1.62. The van der Waals surface area contributed by atoms with Crippen LogP contribution in [0.25, 0.3) is 0 Å². The number of amides is 1. The zero-order chi connectivity index (χ0) is 16.3. The van der Waals surface area contributed by atoms with Crippen LogP contribution in [0.2, 0.25) is 0 Å². The monoisotopic (exact) mass is 321 g/mol. The summed E-state index contributed by atoms with van der Waals surface area (Å²) in [6.45, 7) is 5.99. The molecule has 1 amide bonds. The number of aryl methyl sites for hydroxylation is 2. The molecule has 5 heteroatoms. The summed E-state index contributed by atoms with van der Waals surface area (Å²) in [5.41, 5.74) is 2.91. The summed E-state index contributed by atoms with van der Waals surface area (Å²) in [5.74, 6) is -0.0451. The summed E-state index contributed by atoms with van der Waals surface area (Å²) in [6, 6.07) is 5.51. The van der Waals surface area contributed by atoms with E-state index in [0.29, 0.717) is 6.42 Å². The SMILES string of the molecule is CCCCC(=O)N(c1cc(C)cc(C)c1)[C@H]1C=CS(=O)(=O)C1. The summed E-state index contributed by atoms with van der Waals surface area (Å²) >= 11 is 0. The quantitative estimate of drug-likeness (QED) is 0.837. The van der Waals surface area contributed by atoms with Gasteiger partial charge < -0.3 is 4.90 Å². The van der Waals surface area contributed by atoms with E-state index in [4.69, 9.17) is 0 Å². The molecule has 22 heavy (non-hydrogen) atoms. The van der Waals surface area contributed by atoms with Crippen molar-refractivity contribution in [1.29, 1.82) is 0 Å². The summed E-state index contributed by atoms with van der Waals surface area (Å²) < 4.78 is 23.4. The number of unbranched alkanes of at least 4 members (excludes halogenated alkanes) is 1. The molecule has 0 spiro atoms. The summed E-state index contributed by atoms with van der Waals surface area (Å²) in [7, 11) is -3.20. The molecule has 4 nitrogen and oxygen atoms in total. The molecule has 0 bridgehead atoms. The highest BCUT2D eigenvalue weighted by Gasteiger charge is 2.31. The lowest BCUT2D eigenvalue weighted by atomic mass is 10.1. The Kier molecular flexibility index (Phi) is 5.06. The number of benzene rings is 1. The second-order valence-electron chi connectivity index (χ2n) is 5.94. The maximum absolute atomic E-state index is 12.6. The van der Waals surface area contributed by atoms with Crippen LogP contribution in [0.1, 0.15) is 37.3 Å². The Labute approximate surface area is 132 Å². The molecular formula is C17H23NO3S. The largest absolute Gasteiger partial charge is 0.304 e. The molecule has 0 aliphatic carbocycles. The molecule has 2 rings (SSSR count). The minimum absolute atomic E-state index is 0.0152. The van der Waals surface area contributed by atoms with Crippen LogP contribution >= 0.6 is 0 Å². The molecule has 0 N–H and O–H groups in total. The number of rotatable bonds is 5. The first kappa shape index (κ1) is 16.7. The van der Waals surface area contributed by atoms with Crippen molar-refractivity contribution in [2.75, 3.05) is 10.7 Å². The lowest BCUT2D eigenvalue weighted by Crippen LogP contribution is -2.41. The number of nitrogens with zero attached hydrogens (tertiary/aromatic N) is 1. The van der Waals surface area contributed by atoms with Crippen molar-refractivity contribution in [2.24, 2.45) is 0 Å². The predicted molar refractivity (Wildman–Crippen MR) is 89.6 cm³/mol. The molecule has 1 aromatic rings. The Morgan fingerprint density at radius 2 is 1.86 bits per heavy atom. The van der Waals surface area contributed by atoms with E-state index in [-0.39, 0.29) is 11.7 Å². The Bertz CT molecular complexity index is 672. The van der Waals surface area contributed by atoms with Gasteiger partial charge in [-0.2, -0.15) is 0 Å². The van der Waals surface area contributed by atoms with Gasteiger partial charge in [-0.05, 0) is 49.6 Å². The first-order chi connectivity index (χ1) is 10.3. The zero-order valence-corrected chi connectivity index (χ0v) is 14.2. The van der Waals surface area contributed by atoms with Crippen molar-refractivity contribution in [2.45, 2.75) is 46.1 Å². The molecule has 0 radical (unpaired) electrons. The normalized spacial score (nSPS) is 19.3. The van der Waals surface area contributed by atoms with E-state index >= 15 is 0 Å². The molecule has 0 saturated heterocycles. The van der Waals surface area contributed by atoms with Crippen LogP contribution in [0.5, 0.6) is 0 Å². The van der Waals surface area contributed by atoms with Crippen molar-refractivity contribution in [3.8, 4) is 0 Å². The summed E-state index contributed by atoms with van der Waals surface area (Å²) in [5, 5.41) is 1.22. The van der Waals surface area contributed by atoms with Crippen LogP contribution < -0.4 is 4.90 Å². The van der Waals surface area contributed by atoms with Crippen LogP contribution in [0.15, 0.2) is 29.7 Å². The van der Waals surface area contributed by atoms with Gasteiger partial charge in [-0.3, -0.25) is 4.79 Å². The Balaban J connectivity index is 2.37. The molecule has 1 aliphatic rings. The highest BCUT2D eigenvalue weighted by Crippen LogP contribution is 2.26. The average molecular weight is 321 g/mol. The number of sulfone groups is 1. The van der Waals surface area contributed by atoms with Gasteiger partial charge in [-0.1, -0.05) is 19.4 Å². The number of hydrogen-bond acceptors (Lipinski definition) is 3. The van der Waals surface area contributed by atoms with Gasteiger partial charge in [-0.25, -0.2) is 8.42 Å². The van der Waals surface area contributed by atoms with Crippen LogP contribution in [0, 0.1) is 13.8 Å². The van der Waals surface area contributed by atoms with Crippen LogP contribution in [-0.4, -0.2) is 26.1 Å². The minimum atomic E-state index is -3.20. The molecule has 120 valence electrons. The molecule has 0 aromatic heterocycles. The number of carbonyl (C=O) groups excluding carboxylic acids is 1. The van der Waals surface area contributed by atoms with Crippen molar-refractivity contribution < 1.29 is 13.2 Å². The third kappa shape index (κ3) is 3.97. The van der Waals surface area contributed by atoms with Crippen molar-refractivity contribution in [3.05, 3.63) is 40.8 Å². The summed E-state index contributed by atoms with van der Waals surface area (Å²) in [6.07, 6.45) is 3.80. The van der Waals surface area contributed by atoms with Gasteiger partial charge in [0.2, 0.25) is 5.91 Å². The van der Waals surface area contributed by atoms with Gasteiger partial charge >= 0.3 is 0 Å². The second kappa shape index (κ2) is 6.65. The molecule has 1 aliphatic heterocycles. The van der Waals surface area contributed by atoms with E-state index in [1.165, 1.54) is 5.41 Å². The maximum Gasteiger partial charge on any atom is 0.227 e. The molecular weight excluding hydrogens is 298 g/mol. The van der Waals surface area contributed by atoms with E-state index in [1.807, 2.05) is 39.0 Å². The minimum Gasteiger partial charge on any atom is -0.304 e. The molecule has 0 fully saturated rings. The third-order valence-corrected chi connectivity index (χ3v) is 5.12. The molecule has 0 saturated carbocycles. The van der Waals surface area contributed by atoms with Gasteiger partial charge in [0, 0.05) is 17.5 Å². The fourth-order valence-corrected chi connectivity index (χ4v) is 4.05. The molecule has 1 aromatic carbocycles. The molecule has 1 heterocycles. The number of hydrogen-bond donors (Lipinski definition) is 0. The first-order valence-electron chi connectivity index (χ1n) is 7.63. The van der Waals surface area contributed by atoms with Crippen molar-refractivity contribution in [1.82, 2.24) is 0 Å². The van der Waals surface area contributed by atoms with Gasteiger partial charge in [0.15, 0.2) is 9.84 Å². The second-order valence-corrected chi connectivity index (χ2v) is 7.87. The third-order valence-electron chi connectivity index (χ3n) is 3.74. The lowest BCUT2D eigenvalue weighted by molar-refractivity contribution is -0.118. The first-order valence-corrected chi connectivity index (χ1v) is 9.35. The van der Waals surface area contributed by atoms with Gasteiger partial charge in [0.25, 0.3) is 0 Å². The highest BCUT2D eigenvalue weighted by atomic mass is 32.2. The predicted octanol–water partition coefficient (Wildman–Crippen LogP) is 3.14. The fourth-order valence-electron chi connectivity index (χ4n) is 2.78. The van der Waals surface area contributed by atoms with Crippen LogP contribution in [0.3, 0.4) is 0 Å². The lowest BCUT2D eigenvalue weighted by Gasteiger charge is -2.28. The van der Waals surface area contributed by atoms with E-state index in [2.05, 4.69) is 0 Å². The molecule has 1 atom stereocenters. The van der Waals surface area contributed by atoms with Gasteiger partial charge in [0.05, 0.1) is 11.8 Å². The highest BCUT2D eigenvalue weighted by molar-refractivity contribution is 7.94. The van der Waals surface area contributed by atoms with Gasteiger partial charge in [0.1, 0.15) is 0 Å². The fraction of sp³-hybridized carbons (Fsp3) is 0.471. The average Bonchev–Trinajstić information content (AvgIpc) is 2.75. The molecule has 0 unspecified atom stereocenters. The summed E-state index contributed by atoms with van der Waals surface area (Å²) in [4.78, 5) is 14.3. The van der Waals surface area contributed by atoms with E-state index < -0.39 is 15.9 Å². The smallest absolute Gasteiger partial charge is 0.227 e. The van der Waals surface area contributed by atoms with Crippen LogP contribution in [0.4, 0.5) is 5.69 Å². The van der Waals surface area contributed by atoms with E-state index in [0.717, 1.165) is 29.7 Å². The maximum atomic E-state index is 12.6. The van der Waals surface area contributed by atoms with Crippen molar-refractivity contribution in [3.63, 3.8) is 0 Å². The number of anilines is 1. The van der Waals surface area contributed by atoms with E-state index in [1.54, 1.807) is 11.0 Å². The standard InChI is InChI=1S/C17H23NO3S/c1-4-5-6-17(19)18(15-7-8-22(20,21)12-15)16-10-13(2)9-14(3)11-16/h7-11,15H,4-6,12H2,1-3H3/t15-/m0/s1. The van der Waals surface area contributed by atoms with E-state index in [9.17, 15) is 13.2 Å². The Morgan fingerprint density at radius 1 is 1.23 bits per heavy atom. The topological polar surface area (TPSA) is 54.5 Å². The zero-order valence-electron chi connectivity index (χ0n) is 13.4.